The first-order valence-electron chi connectivity index (χ1n) is 12.5. The molecule has 2 aliphatic heterocycles. The Hall–Kier alpha value is -2.34. The van der Waals surface area contributed by atoms with Gasteiger partial charge in [0.1, 0.15) is 10.6 Å². The van der Waals surface area contributed by atoms with Crippen molar-refractivity contribution in [3.05, 3.63) is 58.1 Å². The zero-order valence-corrected chi connectivity index (χ0v) is 22.7. The molecule has 2 atom stereocenters. The van der Waals surface area contributed by atoms with Gasteiger partial charge in [0.25, 0.3) is 0 Å². The number of benzene rings is 2. The minimum atomic E-state index is -4.72. The van der Waals surface area contributed by atoms with E-state index in [1.807, 2.05) is 18.2 Å². The lowest BCUT2D eigenvalue weighted by Gasteiger charge is -2.29. The van der Waals surface area contributed by atoms with Gasteiger partial charge in [0.15, 0.2) is 0 Å². The van der Waals surface area contributed by atoms with Gasteiger partial charge in [-0.3, -0.25) is 4.79 Å². The molecule has 2 aromatic rings. The Balaban J connectivity index is 1.46. The van der Waals surface area contributed by atoms with Gasteiger partial charge < -0.3 is 15.4 Å². The fourth-order valence-electron chi connectivity index (χ4n) is 4.82. The number of carbonyl (C=O) groups excluding carboxylic acids is 1. The predicted molar refractivity (Wildman–Crippen MR) is 137 cm³/mol. The Morgan fingerprint density at radius 2 is 1.95 bits per heavy atom. The smallest absolute Gasteiger partial charge is 0.416 e. The third-order valence-corrected chi connectivity index (χ3v) is 9.19. The second-order valence-electron chi connectivity index (χ2n) is 9.92. The van der Waals surface area contributed by atoms with Crippen molar-refractivity contribution in [1.29, 1.82) is 0 Å². The number of fused-ring (bicyclic) bond motifs is 1. The normalized spacial score (nSPS) is 20.3. The van der Waals surface area contributed by atoms with E-state index in [-0.39, 0.29) is 29.9 Å². The Labute approximate surface area is 225 Å². The van der Waals surface area contributed by atoms with E-state index in [0.717, 1.165) is 27.6 Å². The van der Waals surface area contributed by atoms with Crippen LogP contribution in [0.5, 0.6) is 5.75 Å². The largest absolute Gasteiger partial charge is 0.493 e. The molecular weight excluding hydrogens is 543 g/mol. The lowest BCUT2D eigenvalue weighted by Crippen LogP contribution is -2.40. The van der Waals surface area contributed by atoms with Crippen LogP contribution in [0.3, 0.4) is 0 Å². The van der Waals surface area contributed by atoms with Crippen LogP contribution in [0.15, 0.2) is 41.3 Å². The monoisotopic (exact) mass is 573 g/mol. The molecule has 0 spiro atoms. The van der Waals surface area contributed by atoms with E-state index in [9.17, 15) is 26.4 Å². The maximum absolute atomic E-state index is 13.3. The van der Waals surface area contributed by atoms with Gasteiger partial charge in [-0.05, 0) is 42.7 Å². The predicted octanol–water partition coefficient (Wildman–Crippen LogP) is 5.04. The van der Waals surface area contributed by atoms with Crippen molar-refractivity contribution in [1.82, 2.24) is 14.9 Å². The summed E-state index contributed by atoms with van der Waals surface area (Å²) in [5, 5.41) is 6.05. The third kappa shape index (κ3) is 6.44. The summed E-state index contributed by atoms with van der Waals surface area (Å²) in [6.45, 7) is 5.33. The van der Waals surface area contributed by atoms with Crippen molar-refractivity contribution < 1.29 is 31.1 Å². The van der Waals surface area contributed by atoms with E-state index in [1.54, 1.807) is 0 Å². The lowest BCUT2D eigenvalue weighted by molar-refractivity contribution is -0.137. The lowest BCUT2D eigenvalue weighted by atomic mass is 9.98. The minimum absolute atomic E-state index is 0.0974. The molecule has 2 aromatic carbocycles. The van der Waals surface area contributed by atoms with Gasteiger partial charge in [0, 0.05) is 43.6 Å². The van der Waals surface area contributed by atoms with Crippen LogP contribution < -0.4 is 15.4 Å². The van der Waals surface area contributed by atoms with Crippen molar-refractivity contribution in [3.63, 3.8) is 0 Å². The van der Waals surface area contributed by atoms with E-state index in [2.05, 4.69) is 24.5 Å². The van der Waals surface area contributed by atoms with Crippen LogP contribution in [0.1, 0.15) is 62.3 Å². The average molecular weight is 574 g/mol. The Morgan fingerprint density at radius 1 is 1.18 bits per heavy atom. The first-order valence-corrected chi connectivity index (χ1v) is 14.3. The second-order valence-corrected chi connectivity index (χ2v) is 12.2. The number of hydrogen-bond acceptors (Lipinski definition) is 5. The maximum Gasteiger partial charge on any atom is 0.416 e. The quantitative estimate of drug-likeness (QED) is 0.462. The number of amides is 1. The molecule has 0 unspecified atom stereocenters. The summed E-state index contributed by atoms with van der Waals surface area (Å²) in [6.07, 6.45) is -3.36. The topological polar surface area (TPSA) is 87.7 Å². The zero-order chi connectivity index (χ0) is 27.7. The molecule has 0 saturated carbocycles. The molecule has 2 N–H and O–H groups in total. The molecule has 1 amide bonds. The molecule has 12 heteroatoms. The van der Waals surface area contributed by atoms with Crippen LogP contribution in [0, 0.1) is 0 Å². The van der Waals surface area contributed by atoms with Crippen molar-refractivity contribution in [2.24, 2.45) is 0 Å². The highest BCUT2D eigenvalue weighted by Gasteiger charge is 2.39. The van der Waals surface area contributed by atoms with Crippen molar-refractivity contribution in [2.45, 2.75) is 75.3 Å². The summed E-state index contributed by atoms with van der Waals surface area (Å²) in [5.74, 6) is 0.365. The highest BCUT2D eigenvalue weighted by Crippen LogP contribution is 2.37. The number of ether oxygens (including phenoxy) is 1. The molecule has 2 aliphatic rings. The number of nitrogens with zero attached hydrogens (tertiary/aromatic N) is 1. The number of nitrogens with one attached hydrogen (secondary N) is 2. The summed E-state index contributed by atoms with van der Waals surface area (Å²) in [6, 6.07) is 7.45. The van der Waals surface area contributed by atoms with Gasteiger partial charge in [0.05, 0.1) is 23.2 Å². The van der Waals surface area contributed by atoms with Crippen molar-refractivity contribution in [3.8, 4) is 5.75 Å². The van der Waals surface area contributed by atoms with E-state index in [0.29, 0.717) is 50.3 Å². The molecule has 1 saturated heterocycles. The van der Waals surface area contributed by atoms with Crippen LogP contribution >= 0.6 is 11.6 Å². The fourth-order valence-corrected chi connectivity index (χ4v) is 7.01. The molecule has 1 fully saturated rings. The van der Waals surface area contributed by atoms with Gasteiger partial charge in [-0.15, -0.1) is 0 Å². The third-order valence-electron chi connectivity index (χ3n) is 6.76. The highest BCUT2D eigenvalue weighted by atomic mass is 35.5. The van der Waals surface area contributed by atoms with Gasteiger partial charge in [-0.25, -0.2) is 8.42 Å². The standard InChI is InChI=1S/C26H31ClF3N3O4S/c1-16(2)31-15-17-5-7-20-22(9-11-37-23(20)12-17)32-25(34)14-19-4-3-10-33(19)38(35,36)24-13-18(26(28,29)30)6-8-21(24)27/h5-8,12-13,16,19,22,31H,3-4,9-11,14-15H2,1-2H3,(H,32,34)/t19-,22+/m0/s1. The number of alkyl halides is 3. The van der Waals surface area contributed by atoms with Crippen LogP contribution in [0.25, 0.3) is 0 Å². The second kappa shape index (κ2) is 11.4. The van der Waals surface area contributed by atoms with Crippen LogP contribution in [-0.4, -0.2) is 43.9 Å². The Bertz CT molecular complexity index is 1290. The molecule has 0 bridgehead atoms. The molecule has 38 heavy (non-hydrogen) atoms. The van der Waals surface area contributed by atoms with Crippen LogP contribution in [0.4, 0.5) is 13.2 Å². The number of hydrogen-bond donors (Lipinski definition) is 2. The highest BCUT2D eigenvalue weighted by molar-refractivity contribution is 7.89. The first kappa shape index (κ1) is 28.7. The van der Waals surface area contributed by atoms with Crippen LogP contribution in [-0.2, 0) is 27.5 Å². The van der Waals surface area contributed by atoms with Gasteiger partial charge in [-0.2, -0.15) is 17.5 Å². The molecular formula is C26H31ClF3N3O4S. The SMILES string of the molecule is CC(C)NCc1ccc2c(c1)OCC[C@H]2NC(=O)C[C@@H]1CCCN1S(=O)(=O)c1cc(C(F)(F)F)ccc1Cl. The summed E-state index contributed by atoms with van der Waals surface area (Å²) in [7, 11) is -4.35. The fraction of sp³-hybridized carbons (Fsp3) is 0.500. The summed E-state index contributed by atoms with van der Waals surface area (Å²) in [5.41, 5.74) is 0.810. The van der Waals surface area contributed by atoms with Crippen molar-refractivity contribution in [2.75, 3.05) is 13.2 Å². The molecule has 4 rings (SSSR count). The molecule has 208 valence electrons. The molecule has 2 heterocycles. The van der Waals surface area contributed by atoms with Gasteiger partial charge >= 0.3 is 6.18 Å². The van der Waals surface area contributed by atoms with Gasteiger partial charge in [-0.1, -0.05) is 37.6 Å². The molecule has 7 nitrogen and oxygen atoms in total. The number of sulfonamides is 1. The molecule has 0 radical (unpaired) electrons. The van der Waals surface area contributed by atoms with E-state index in [4.69, 9.17) is 16.3 Å². The summed E-state index contributed by atoms with van der Waals surface area (Å²) in [4.78, 5) is 12.4. The van der Waals surface area contributed by atoms with E-state index < -0.39 is 32.7 Å². The minimum Gasteiger partial charge on any atom is -0.493 e. The molecule has 0 aromatic heterocycles. The van der Waals surface area contributed by atoms with Gasteiger partial charge in [0.2, 0.25) is 15.9 Å². The molecule has 0 aliphatic carbocycles. The van der Waals surface area contributed by atoms with E-state index >= 15 is 0 Å². The van der Waals surface area contributed by atoms with Crippen LogP contribution in [0.2, 0.25) is 5.02 Å². The Morgan fingerprint density at radius 3 is 2.66 bits per heavy atom. The Kier molecular flexibility index (Phi) is 8.61. The summed E-state index contributed by atoms with van der Waals surface area (Å²) >= 11 is 6.02. The summed E-state index contributed by atoms with van der Waals surface area (Å²) < 4.78 is 73.2. The maximum atomic E-state index is 13.3. The van der Waals surface area contributed by atoms with E-state index in [1.165, 1.54) is 0 Å². The average Bonchev–Trinajstić information content (AvgIpc) is 3.31. The number of carbonyl (C=O) groups is 1. The zero-order valence-electron chi connectivity index (χ0n) is 21.1. The first-order chi connectivity index (χ1) is 17.9. The number of rotatable bonds is 8. The number of halogens is 4. The van der Waals surface area contributed by atoms with Crippen molar-refractivity contribution >= 4 is 27.5 Å².